The molecule has 2 N–H and O–H groups in total. The van der Waals surface area contributed by atoms with Crippen LogP contribution in [0.3, 0.4) is 0 Å². The van der Waals surface area contributed by atoms with E-state index in [0.29, 0.717) is 44.2 Å². The first-order chi connectivity index (χ1) is 12.5. The Morgan fingerprint density at radius 3 is 3.00 bits per heavy atom. The Hall–Kier alpha value is -2.73. The molecule has 1 saturated heterocycles. The summed E-state index contributed by atoms with van der Waals surface area (Å²) in [6, 6.07) is 2.18. The highest BCUT2D eigenvalue weighted by Crippen LogP contribution is 2.22. The standard InChI is InChI=1S/C17H23FN8/c1-12-7-21-17(23-14-8-22-25(2)11-14)24-16(12)20-9-15-6-13(18)10-26(15)5-3-4-19/h7-8,11,13,15H,3,5-6,9-10H2,1-2H3,(H2,20,21,23,24)/t13-,15-/m0/s1. The van der Waals surface area contributed by atoms with Gasteiger partial charge in [0.05, 0.1) is 18.0 Å². The number of hydrogen-bond donors (Lipinski definition) is 2. The van der Waals surface area contributed by atoms with Crippen LogP contribution in [0.2, 0.25) is 0 Å². The number of alkyl halides is 1. The molecule has 0 unspecified atom stereocenters. The number of hydrogen-bond acceptors (Lipinski definition) is 7. The van der Waals surface area contributed by atoms with E-state index in [9.17, 15) is 4.39 Å². The third-order valence-corrected chi connectivity index (χ3v) is 4.43. The van der Waals surface area contributed by atoms with Gasteiger partial charge in [0.25, 0.3) is 0 Å². The van der Waals surface area contributed by atoms with Crippen molar-refractivity contribution in [2.45, 2.75) is 32.0 Å². The van der Waals surface area contributed by atoms with Crippen LogP contribution in [-0.4, -0.2) is 56.5 Å². The van der Waals surface area contributed by atoms with Crippen molar-refractivity contribution in [3.8, 4) is 6.07 Å². The first-order valence-corrected chi connectivity index (χ1v) is 8.63. The number of aryl methyl sites for hydroxylation is 2. The van der Waals surface area contributed by atoms with Crippen molar-refractivity contribution in [2.75, 3.05) is 30.3 Å². The first kappa shape index (κ1) is 18.1. The van der Waals surface area contributed by atoms with Crippen LogP contribution in [0.1, 0.15) is 18.4 Å². The van der Waals surface area contributed by atoms with Crippen LogP contribution in [0.4, 0.5) is 21.8 Å². The quantitative estimate of drug-likeness (QED) is 0.782. The second-order valence-electron chi connectivity index (χ2n) is 6.52. The predicted molar refractivity (Wildman–Crippen MR) is 96.9 cm³/mol. The van der Waals surface area contributed by atoms with E-state index in [0.717, 1.165) is 11.3 Å². The third kappa shape index (κ3) is 4.46. The van der Waals surface area contributed by atoms with E-state index in [1.807, 2.05) is 25.1 Å². The summed E-state index contributed by atoms with van der Waals surface area (Å²) in [5.74, 6) is 1.19. The van der Waals surface area contributed by atoms with Crippen LogP contribution in [0.15, 0.2) is 18.6 Å². The fraction of sp³-hybridized carbons (Fsp3) is 0.529. The molecule has 138 valence electrons. The van der Waals surface area contributed by atoms with Crippen LogP contribution in [0.5, 0.6) is 0 Å². The van der Waals surface area contributed by atoms with Gasteiger partial charge in [-0.05, 0) is 13.3 Å². The lowest BCUT2D eigenvalue weighted by atomic mass is 10.2. The van der Waals surface area contributed by atoms with E-state index in [4.69, 9.17) is 5.26 Å². The molecule has 3 heterocycles. The van der Waals surface area contributed by atoms with Crippen LogP contribution < -0.4 is 10.6 Å². The Morgan fingerprint density at radius 1 is 1.42 bits per heavy atom. The second-order valence-corrected chi connectivity index (χ2v) is 6.52. The van der Waals surface area contributed by atoms with Gasteiger partial charge in [-0.3, -0.25) is 9.58 Å². The van der Waals surface area contributed by atoms with Gasteiger partial charge < -0.3 is 10.6 Å². The minimum absolute atomic E-state index is 0.0578. The molecule has 0 amide bonds. The fourth-order valence-electron chi connectivity index (χ4n) is 3.11. The Kier molecular flexibility index (Phi) is 5.63. The molecule has 8 nitrogen and oxygen atoms in total. The van der Waals surface area contributed by atoms with Crippen LogP contribution in [0, 0.1) is 18.3 Å². The minimum atomic E-state index is -0.838. The van der Waals surface area contributed by atoms with Gasteiger partial charge in [-0.2, -0.15) is 15.3 Å². The maximum Gasteiger partial charge on any atom is 0.229 e. The Labute approximate surface area is 152 Å². The number of aromatic nitrogens is 4. The van der Waals surface area contributed by atoms with Crippen molar-refractivity contribution in [1.29, 1.82) is 5.26 Å². The maximum absolute atomic E-state index is 13.8. The van der Waals surface area contributed by atoms with E-state index < -0.39 is 6.17 Å². The van der Waals surface area contributed by atoms with Gasteiger partial charge in [0.15, 0.2) is 0 Å². The lowest BCUT2D eigenvalue weighted by molar-refractivity contribution is 0.255. The van der Waals surface area contributed by atoms with Crippen molar-refractivity contribution in [3.05, 3.63) is 24.2 Å². The molecule has 2 aromatic heterocycles. The van der Waals surface area contributed by atoms with Gasteiger partial charge in [-0.25, -0.2) is 9.37 Å². The molecule has 26 heavy (non-hydrogen) atoms. The van der Waals surface area contributed by atoms with E-state index in [-0.39, 0.29) is 6.04 Å². The summed E-state index contributed by atoms with van der Waals surface area (Å²) in [5, 5.41) is 19.3. The number of nitriles is 1. The van der Waals surface area contributed by atoms with Crippen LogP contribution in [-0.2, 0) is 7.05 Å². The largest absolute Gasteiger partial charge is 0.368 e. The number of anilines is 3. The summed E-state index contributed by atoms with van der Waals surface area (Å²) in [5.41, 5.74) is 1.72. The number of rotatable bonds is 7. The molecule has 3 rings (SSSR count). The van der Waals surface area contributed by atoms with Gasteiger partial charge in [0, 0.05) is 57.1 Å². The highest BCUT2D eigenvalue weighted by Gasteiger charge is 2.31. The molecule has 1 fully saturated rings. The minimum Gasteiger partial charge on any atom is -0.368 e. The average molecular weight is 358 g/mol. The molecule has 1 aliphatic rings. The monoisotopic (exact) mass is 358 g/mol. The van der Waals surface area contributed by atoms with E-state index in [1.165, 1.54) is 0 Å². The van der Waals surface area contributed by atoms with Crippen molar-refractivity contribution in [3.63, 3.8) is 0 Å². The number of nitrogens with zero attached hydrogens (tertiary/aromatic N) is 6. The SMILES string of the molecule is Cc1cnc(Nc2cnn(C)c2)nc1NC[C@@H]1C[C@H](F)CN1CCC#N. The van der Waals surface area contributed by atoms with Crippen LogP contribution in [0.25, 0.3) is 0 Å². The summed E-state index contributed by atoms with van der Waals surface area (Å²) in [4.78, 5) is 10.8. The fourth-order valence-corrected chi connectivity index (χ4v) is 3.11. The zero-order chi connectivity index (χ0) is 18.5. The molecular weight excluding hydrogens is 335 g/mol. The molecule has 9 heteroatoms. The molecular formula is C17H23FN8. The van der Waals surface area contributed by atoms with Crippen molar-refractivity contribution < 1.29 is 4.39 Å². The summed E-state index contributed by atoms with van der Waals surface area (Å²) in [6.07, 6.45) is 5.33. The summed E-state index contributed by atoms with van der Waals surface area (Å²) < 4.78 is 15.5. The smallest absolute Gasteiger partial charge is 0.229 e. The summed E-state index contributed by atoms with van der Waals surface area (Å²) in [6.45, 7) is 3.50. The lowest BCUT2D eigenvalue weighted by Gasteiger charge is -2.23. The van der Waals surface area contributed by atoms with Gasteiger partial charge in [-0.15, -0.1) is 0 Å². The van der Waals surface area contributed by atoms with E-state index >= 15 is 0 Å². The average Bonchev–Trinajstić information content (AvgIpc) is 3.18. The lowest BCUT2D eigenvalue weighted by Crippen LogP contribution is -2.35. The van der Waals surface area contributed by atoms with Gasteiger partial charge in [-0.1, -0.05) is 0 Å². The summed E-state index contributed by atoms with van der Waals surface area (Å²) in [7, 11) is 1.84. The second kappa shape index (κ2) is 8.10. The number of nitrogens with one attached hydrogen (secondary N) is 2. The maximum atomic E-state index is 13.8. The van der Waals surface area contributed by atoms with Crippen molar-refractivity contribution in [1.82, 2.24) is 24.6 Å². The number of likely N-dealkylation sites (tertiary alicyclic amines) is 1. The molecule has 1 aliphatic heterocycles. The zero-order valence-electron chi connectivity index (χ0n) is 15.0. The highest BCUT2D eigenvalue weighted by molar-refractivity contribution is 5.54. The Balaban J connectivity index is 1.63. The van der Waals surface area contributed by atoms with Gasteiger partial charge >= 0.3 is 0 Å². The molecule has 0 spiro atoms. The normalized spacial score (nSPS) is 20.1. The van der Waals surface area contributed by atoms with Gasteiger partial charge in [0.1, 0.15) is 12.0 Å². The Bertz CT molecular complexity index is 783. The Morgan fingerprint density at radius 2 is 2.27 bits per heavy atom. The van der Waals surface area contributed by atoms with Crippen LogP contribution >= 0.6 is 0 Å². The zero-order valence-corrected chi connectivity index (χ0v) is 15.0. The molecule has 0 saturated carbocycles. The molecule has 0 aromatic carbocycles. The van der Waals surface area contributed by atoms with E-state index in [1.54, 1.807) is 17.1 Å². The van der Waals surface area contributed by atoms with Crippen molar-refractivity contribution >= 4 is 17.5 Å². The topological polar surface area (TPSA) is 94.7 Å². The summed E-state index contributed by atoms with van der Waals surface area (Å²) >= 11 is 0. The first-order valence-electron chi connectivity index (χ1n) is 8.63. The molecule has 0 bridgehead atoms. The van der Waals surface area contributed by atoms with Gasteiger partial charge in [0.2, 0.25) is 5.95 Å². The highest BCUT2D eigenvalue weighted by atomic mass is 19.1. The third-order valence-electron chi connectivity index (χ3n) is 4.43. The molecule has 0 radical (unpaired) electrons. The predicted octanol–water partition coefficient (Wildman–Crippen LogP) is 2.00. The molecule has 2 aromatic rings. The van der Waals surface area contributed by atoms with E-state index in [2.05, 4.69) is 31.8 Å². The molecule has 2 atom stereocenters. The molecule has 0 aliphatic carbocycles. The number of halogens is 1. The van der Waals surface area contributed by atoms with Crippen molar-refractivity contribution in [2.24, 2.45) is 7.05 Å².